The lowest BCUT2D eigenvalue weighted by atomic mass is 10.0. The van der Waals surface area contributed by atoms with Crippen molar-refractivity contribution in [3.63, 3.8) is 0 Å². The molecule has 128 valence electrons. The van der Waals surface area contributed by atoms with Gasteiger partial charge in [-0.1, -0.05) is 60.3 Å². The fourth-order valence-corrected chi connectivity index (χ4v) is 5.24. The molecule has 24 heavy (non-hydrogen) atoms. The average molecular weight is 364 g/mol. The van der Waals surface area contributed by atoms with Crippen molar-refractivity contribution in [2.45, 2.75) is 43.5 Å². The summed E-state index contributed by atoms with van der Waals surface area (Å²) in [6.07, 6.45) is 3.84. The first kappa shape index (κ1) is 17.5. The molecular weight excluding hydrogens is 342 g/mol. The highest BCUT2D eigenvalue weighted by molar-refractivity contribution is 7.89. The average Bonchev–Trinajstić information content (AvgIpc) is 2.82. The van der Waals surface area contributed by atoms with E-state index in [1.165, 1.54) is 11.6 Å². The van der Waals surface area contributed by atoms with Gasteiger partial charge in [-0.3, -0.25) is 0 Å². The van der Waals surface area contributed by atoms with Crippen LogP contribution in [0, 0.1) is 6.92 Å². The third-order valence-corrected chi connectivity index (χ3v) is 6.71. The van der Waals surface area contributed by atoms with Gasteiger partial charge in [-0.15, -0.1) is 0 Å². The van der Waals surface area contributed by atoms with E-state index in [-0.39, 0.29) is 10.9 Å². The van der Waals surface area contributed by atoms with Gasteiger partial charge in [-0.25, -0.2) is 8.42 Å². The first-order chi connectivity index (χ1) is 11.5. The highest BCUT2D eigenvalue weighted by Gasteiger charge is 2.33. The zero-order valence-corrected chi connectivity index (χ0v) is 15.4. The van der Waals surface area contributed by atoms with Crippen LogP contribution in [0.25, 0.3) is 0 Å². The lowest BCUT2D eigenvalue weighted by Gasteiger charge is -2.29. The maximum Gasteiger partial charge on any atom is 0.243 e. The van der Waals surface area contributed by atoms with Crippen LogP contribution in [0.2, 0.25) is 5.02 Å². The maximum absolute atomic E-state index is 13.2. The van der Waals surface area contributed by atoms with Crippen molar-refractivity contribution in [1.82, 2.24) is 4.31 Å². The summed E-state index contributed by atoms with van der Waals surface area (Å²) in [4.78, 5) is 0.272. The molecule has 0 aliphatic carbocycles. The van der Waals surface area contributed by atoms with Gasteiger partial charge in [0, 0.05) is 11.6 Å². The highest BCUT2D eigenvalue weighted by Crippen LogP contribution is 2.35. The third kappa shape index (κ3) is 3.66. The van der Waals surface area contributed by atoms with E-state index in [2.05, 4.69) is 0 Å². The summed E-state index contributed by atoms with van der Waals surface area (Å²) in [6, 6.07) is 14.6. The normalized spacial score (nSPS) is 19.8. The molecule has 0 unspecified atom stereocenters. The summed E-state index contributed by atoms with van der Waals surface area (Å²) in [5, 5.41) is 0.442. The molecule has 5 heteroatoms. The topological polar surface area (TPSA) is 37.4 Å². The van der Waals surface area contributed by atoms with Crippen LogP contribution in [0.4, 0.5) is 0 Å². The zero-order chi connectivity index (χ0) is 17.2. The van der Waals surface area contributed by atoms with Gasteiger partial charge in [-0.05, 0) is 43.5 Å². The number of rotatable bonds is 3. The van der Waals surface area contributed by atoms with Crippen LogP contribution in [0.15, 0.2) is 53.4 Å². The van der Waals surface area contributed by atoms with Gasteiger partial charge < -0.3 is 0 Å². The van der Waals surface area contributed by atoms with E-state index < -0.39 is 10.0 Å². The molecule has 1 heterocycles. The molecular formula is C19H22ClNO2S. The Morgan fingerprint density at radius 2 is 1.79 bits per heavy atom. The number of hydrogen-bond acceptors (Lipinski definition) is 2. The molecule has 0 spiro atoms. The van der Waals surface area contributed by atoms with Crippen molar-refractivity contribution in [2.24, 2.45) is 0 Å². The number of hydrogen-bond donors (Lipinski definition) is 0. The largest absolute Gasteiger partial charge is 0.243 e. The minimum atomic E-state index is -3.57. The van der Waals surface area contributed by atoms with Crippen LogP contribution in [0.5, 0.6) is 0 Å². The Morgan fingerprint density at radius 1 is 1.04 bits per heavy atom. The molecule has 1 saturated heterocycles. The van der Waals surface area contributed by atoms with Gasteiger partial charge in [0.25, 0.3) is 0 Å². The van der Waals surface area contributed by atoms with Crippen molar-refractivity contribution < 1.29 is 8.42 Å². The van der Waals surface area contributed by atoms with Gasteiger partial charge >= 0.3 is 0 Å². The predicted molar refractivity (Wildman–Crippen MR) is 97.7 cm³/mol. The smallest absolute Gasteiger partial charge is 0.207 e. The first-order valence-corrected chi connectivity index (χ1v) is 10.1. The Hall–Kier alpha value is -1.36. The number of sulfonamides is 1. The van der Waals surface area contributed by atoms with Crippen LogP contribution < -0.4 is 0 Å². The molecule has 0 amide bonds. The molecule has 3 nitrogen and oxygen atoms in total. The number of aryl methyl sites for hydroxylation is 1. The zero-order valence-electron chi connectivity index (χ0n) is 13.8. The Balaban J connectivity index is 2.02. The summed E-state index contributed by atoms with van der Waals surface area (Å²) in [5.41, 5.74) is 2.24. The number of halogens is 1. The molecule has 3 rings (SSSR count). The summed E-state index contributed by atoms with van der Waals surface area (Å²) < 4.78 is 28.1. The lowest BCUT2D eigenvalue weighted by molar-refractivity contribution is 0.329. The minimum absolute atomic E-state index is 0.114. The second-order valence-corrected chi connectivity index (χ2v) is 8.68. The van der Waals surface area contributed by atoms with Gasteiger partial charge in [0.2, 0.25) is 10.0 Å². The molecule has 1 fully saturated rings. The van der Waals surface area contributed by atoms with E-state index in [0.717, 1.165) is 31.2 Å². The van der Waals surface area contributed by atoms with E-state index in [1.807, 2.05) is 31.2 Å². The van der Waals surface area contributed by atoms with Crippen LogP contribution in [-0.4, -0.2) is 19.3 Å². The van der Waals surface area contributed by atoms with Gasteiger partial charge in [0.15, 0.2) is 0 Å². The fraction of sp³-hybridized carbons (Fsp3) is 0.368. The molecule has 0 bridgehead atoms. The fourth-order valence-electron chi connectivity index (χ4n) is 3.25. The van der Waals surface area contributed by atoms with Crippen LogP contribution in [0.1, 0.15) is 42.9 Å². The Morgan fingerprint density at radius 3 is 2.50 bits per heavy atom. The summed E-state index contributed by atoms with van der Waals surface area (Å²) in [7, 11) is -3.57. The van der Waals surface area contributed by atoms with E-state index in [1.54, 1.807) is 22.5 Å². The molecule has 1 aliphatic rings. The second-order valence-electron chi connectivity index (χ2n) is 6.35. The summed E-state index contributed by atoms with van der Waals surface area (Å²) in [6.45, 7) is 2.59. The predicted octanol–water partition coefficient (Wildman–Crippen LogP) is 4.95. The monoisotopic (exact) mass is 363 g/mol. The molecule has 2 aromatic carbocycles. The van der Waals surface area contributed by atoms with Gasteiger partial charge in [0.05, 0.1) is 10.9 Å². The summed E-state index contributed by atoms with van der Waals surface area (Å²) in [5.74, 6) is 0. The van der Waals surface area contributed by atoms with E-state index >= 15 is 0 Å². The molecule has 2 aromatic rings. The van der Waals surface area contributed by atoms with Crippen molar-refractivity contribution >= 4 is 21.6 Å². The van der Waals surface area contributed by atoms with Crippen LogP contribution in [-0.2, 0) is 10.0 Å². The Kier molecular flexibility index (Phi) is 5.28. The molecule has 1 atom stereocenters. The first-order valence-electron chi connectivity index (χ1n) is 8.32. The Bertz CT molecular complexity index is 802. The summed E-state index contributed by atoms with van der Waals surface area (Å²) >= 11 is 6.01. The van der Waals surface area contributed by atoms with E-state index in [0.29, 0.717) is 11.6 Å². The van der Waals surface area contributed by atoms with E-state index in [9.17, 15) is 8.42 Å². The highest BCUT2D eigenvalue weighted by atomic mass is 35.5. The molecule has 0 radical (unpaired) electrons. The maximum atomic E-state index is 13.2. The quantitative estimate of drug-likeness (QED) is 0.773. The third-order valence-electron chi connectivity index (χ3n) is 4.57. The molecule has 0 saturated carbocycles. The van der Waals surface area contributed by atoms with Crippen molar-refractivity contribution in [1.29, 1.82) is 0 Å². The van der Waals surface area contributed by atoms with Crippen molar-refractivity contribution in [3.05, 3.63) is 64.7 Å². The molecule has 0 N–H and O–H groups in total. The number of benzene rings is 2. The van der Waals surface area contributed by atoms with Gasteiger partial charge in [-0.2, -0.15) is 4.31 Å². The van der Waals surface area contributed by atoms with Gasteiger partial charge in [0.1, 0.15) is 0 Å². The Labute approximate surface area is 149 Å². The minimum Gasteiger partial charge on any atom is -0.207 e. The SMILES string of the molecule is Cc1ccc([C@H]2CCCCCN2S(=O)(=O)c2cccc(Cl)c2)cc1. The van der Waals surface area contributed by atoms with Crippen molar-refractivity contribution in [2.75, 3.05) is 6.54 Å². The van der Waals surface area contributed by atoms with Crippen LogP contribution >= 0.6 is 11.6 Å². The number of nitrogens with zero attached hydrogens (tertiary/aromatic N) is 1. The lowest BCUT2D eigenvalue weighted by Crippen LogP contribution is -2.34. The van der Waals surface area contributed by atoms with Crippen molar-refractivity contribution in [3.8, 4) is 0 Å². The molecule has 0 aromatic heterocycles. The van der Waals surface area contributed by atoms with Crippen LogP contribution in [0.3, 0.4) is 0 Å². The standard InChI is InChI=1S/C19H22ClNO2S/c1-15-9-11-16(12-10-15)19-8-3-2-4-13-21(19)24(22,23)18-7-5-6-17(20)14-18/h5-7,9-12,14,19H,2-4,8,13H2,1H3/t19-/m1/s1. The second kappa shape index (κ2) is 7.26. The van der Waals surface area contributed by atoms with E-state index in [4.69, 9.17) is 11.6 Å². The molecule has 1 aliphatic heterocycles.